The van der Waals surface area contributed by atoms with Gasteiger partial charge >= 0.3 is 0 Å². The third-order valence-corrected chi connectivity index (χ3v) is 2.83. The summed E-state index contributed by atoms with van der Waals surface area (Å²) in [7, 11) is 0. The summed E-state index contributed by atoms with van der Waals surface area (Å²) in [4.78, 5) is 0. The van der Waals surface area contributed by atoms with Gasteiger partial charge in [0.25, 0.3) is 0 Å². The van der Waals surface area contributed by atoms with Crippen LogP contribution in [-0.4, -0.2) is 5.84 Å². The third kappa shape index (κ3) is 2.94. The van der Waals surface area contributed by atoms with Gasteiger partial charge in [0, 0.05) is 5.56 Å². The molecule has 2 heteroatoms. The first kappa shape index (κ1) is 11.4. The summed E-state index contributed by atoms with van der Waals surface area (Å²) in [6.45, 7) is 0. The maximum Gasteiger partial charge on any atom is 0.123 e. The predicted molar refractivity (Wildman–Crippen MR) is 71.3 cm³/mol. The zero-order valence-corrected chi connectivity index (χ0v) is 9.69. The first-order chi connectivity index (χ1) is 8.27. The van der Waals surface area contributed by atoms with Crippen LogP contribution in [0.1, 0.15) is 16.7 Å². The van der Waals surface area contributed by atoms with Gasteiger partial charge in [-0.15, -0.1) is 0 Å². The van der Waals surface area contributed by atoms with Crippen molar-refractivity contribution in [2.75, 3.05) is 0 Å². The average molecular weight is 224 g/mol. The fourth-order valence-electron chi connectivity index (χ4n) is 1.92. The molecule has 0 heterocycles. The van der Waals surface area contributed by atoms with Crippen LogP contribution in [0.2, 0.25) is 0 Å². The molecule has 2 aromatic rings. The number of nitrogens with two attached hydrogens (primary N) is 1. The molecule has 2 aromatic carbocycles. The molecule has 0 radical (unpaired) electrons. The first-order valence-electron chi connectivity index (χ1n) is 5.73. The minimum absolute atomic E-state index is 0.147. The van der Waals surface area contributed by atoms with Crippen molar-refractivity contribution in [2.45, 2.75) is 12.8 Å². The monoisotopic (exact) mass is 224 g/mol. The van der Waals surface area contributed by atoms with E-state index in [0.717, 1.165) is 24.0 Å². The SMILES string of the molecule is N=C(N)c1ccccc1CCc1ccccc1. The smallest absolute Gasteiger partial charge is 0.123 e. The van der Waals surface area contributed by atoms with E-state index in [0.29, 0.717) is 0 Å². The summed E-state index contributed by atoms with van der Waals surface area (Å²) in [5.41, 5.74) is 8.87. The molecule has 0 amide bonds. The second-order valence-electron chi connectivity index (χ2n) is 4.06. The van der Waals surface area contributed by atoms with E-state index in [1.807, 2.05) is 42.5 Å². The quantitative estimate of drug-likeness (QED) is 0.609. The van der Waals surface area contributed by atoms with E-state index in [1.165, 1.54) is 5.56 Å². The van der Waals surface area contributed by atoms with Gasteiger partial charge < -0.3 is 5.73 Å². The van der Waals surface area contributed by atoms with Gasteiger partial charge in [0.15, 0.2) is 0 Å². The lowest BCUT2D eigenvalue weighted by Gasteiger charge is -2.07. The maximum absolute atomic E-state index is 7.54. The Hall–Kier alpha value is -2.09. The minimum atomic E-state index is 0.147. The second kappa shape index (κ2) is 5.30. The van der Waals surface area contributed by atoms with Crippen LogP contribution in [0.15, 0.2) is 54.6 Å². The number of hydrogen-bond acceptors (Lipinski definition) is 1. The van der Waals surface area contributed by atoms with E-state index >= 15 is 0 Å². The molecule has 0 aliphatic rings. The molecule has 0 spiro atoms. The van der Waals surface area contributed by atoms with Crippen molar-refractivity contribution in [3.63, 3.8) is 0 Å². The Labute approximate surface area is 102 Å². The molecule has 0 aromatic heterocycles. The summed E-state index contributed by atoms with van der Waals surface area (Å²) >= 11 is 0. The van der Waals surface area contributed by atoms with Crippen molar-refractivity contribution in [3.8, 4) is 0 Å². The van der Waals surface area contributed by atoms with Crippen molar-refractivity contribution in [2.24, 2.45) is 5.73 Å². The Kier molecular flexibility index (Phi) is 3.55. The highest BCUT2D eigenvalue weighted by Crippen LogP contribution is 2.12. The molecule has 3 N–H and O–H groups in total. The Morgan fingerprint density at radius 3 is 2.24 bits per heavy atom. The van der Waals surface area contributed by atoms with Gasteiger partial charge in [-0.25, -0.2) is 0 Å². The summed E-state index contributed by atoms with van der Waals surface area (Å²) in [6.07, 6.45) is 1.89. The fraction of sp³-hybridized carbons (Fsp3) is 0.133. The molecule has 0 atom stereocenters. The van der Waals surface area contributed by atoms with Gasteiger partial charge in [0.2, 0.25) is 0 Å². The van der Waals surface area contributed by atoms with Crippen molar-refractivity contribution in [1.82, 2.24) is 0 Å². The standard InChI is InChI=1S/C15H16N2/c16-15(17)14-9-5-4-8-13(14)11-10-12-6-2-1-3-7-12/h1-9H,10-11H2,(H3,16,17). The molecule has 17 heavy (non-hydrogen) atoms. The molecule has 0 aliphatic heterocycles. The van der Waals surface area contributed by atoms with E-state index in [9.17, 15) is 0 Å². The summed E-state index contributed by atoms with van der Waals surface area (Å²) in [6, 6.07) is 18.2. The zero-order chi connectivity index (χ0) is 12.1. The lowest BCUT2D eigenvalue weighted by molar-refractivity contribution is 0.956. The number of aryl methyl sites for hydroxylation is 2. The molecule has 86 valence electrons. The average Bonchev–Trinajstić information content (AvgIpc) is 2.38. The number of benzene rings is 2. The van der Waals surface area contributed by atoms with Gasteiger partial charge in [-0.1, -0.05) is 54.6 Å². The zero-order valence-electron chi connectivity index (χ0n) is 9.69. The molecule has 2 nitrogen and oxygen atoms in total. The largest absolute Gasteiger partial charge is 0.384 e. The van der Waals surface area contributed by atoms with E-state index in [4.69, 9.17) is 11.1 Å². The Morgan fingerprint density at radius 2 is 1.53 bits per heavy atom. The molecule has 0 bridgehead atoms. The molecule has 0 saturated carbocycles. The molecule has 0 aliphatic carbocycles. The predicted octanol–water partition coefficient (Wildman–Crippen LogP) is 2.76. The van der Waals surface area contributed by atoms with E-state index < -0.39 is 0 Å². The van der Waals surface area contributed by atoms with E-state index in [-0.39, 0.29) is 5.84 Å². The lowest BCUT2D eigenvalue weighted by atomic mass is 9.99. The fourth-order valence-corrected chi connectivity index (χ4v) is 1.92. The van der Waals surface area contributed by atoms with Crippen molar-refractivity contribution in [1.29, 1.82) is 5.41 Å². The molecular formula is C15H16N2. The molecular weight excluding hydrogens is 208 g/mol. The van der Waals surface area contributed by atoms with Crippen LogP contribution < -0.4 is 5.73 Å². The van der Waals surface area contributed by atoms with Crippen molar-refractivity contribution in [3.05, 3.63) is 71.3 Å². The lowest BCUT2D eigenvalue weighted by Crippen LogP contribution is -2.14. The van der Waals surface area contributed by atoms with E-state index in [1.54, 1.807) is 0 Å². The molecule has 0 unspecified atom stereocenters. The summed E-state index contributed by atoms with van der Waals surface area (Å²) in [5, 5.41) is 7.54. The first-order valence-corrected chi connectivity index (χ1v) is 5.73. The molecule has 0 fully saturated rings. The van der Waals surface area contributed by atoms with Crippen LogP contribution in [0.25, 0.3) is 0 Å². The molecule has 0 saturated heterocycles. The Balaban J connectivity index is 2.12. The number of rotatable bonds is 4. The summed E-state index contributed by atoms with van der Waals surface area (Å²) in [5.74, 6) is 0.147. The number of amidine groups is 1. The second-order valence-corrected chi connectivity index (χ2v) is 4.06. The van der Waals surface area contributed by atoms with Crippen LogP contribution in [0, 0.1) is 5.41 Å². The Bertz CT molecular complexity index is 503. The van der Waals surface area contributed by atoms with Crippen LogP contribution >= 0.6 is 0 Å². The molecule has 2 rings (SSSR count). The highest BCUT2D eigenvalue weighted by molar-refractivity contribution is 5.96. The van der Waals surface area contributed by atoms with Crippen molar-refractivity contribution < 1.29 is 0 Å². The number of hydrogen-bond donors (Lipinski definition) is 2. The highest BCUT2D eigenvalue weighted by Gasteiger charge is 2.04. The highest BCUT2D eigenvalue weighted by atomic mass is 14.7. The van der Waals surface area contributed by atoms with Crippen LogP contribution in [0.5, 0.6) is 0 Å². The van der Waals surface area contributed by atoms with Crippen LogP contribution in [0.4, 0.5) is 0 Å². The van der Waals surface area contributed by atoms with E-state index in [2.05, 4.69) is 12.1 Å². The third-order valence-electron chi connectivity index (χ3n) is 2.83. The number of nitrogens with one attached hydrogen (secondary N) is 1. The topological polar surface area (TPSA) is 49.9 Å². The Morgan fingerprint density at radius 1 is 0.882 bits per heavy atom. The number of nitrogen functional groups attached to an aromatic ring is 1. The van der Waals surface area contributed by atoms with Crippen molar-refractivity contribution >= 4 is 5.84 Å². The van der Waals surface area contributed by atoms with Crippen LogP contribution in [0.3, 0.4) is 0 Å². The van der Waals surface area contributed by atoms with Crippen LogP contribution in [-0.2, 0) is 12.8 Å². The minimum Gasteiger partial charge on any atom is -0.384 e. The summed E-state index contributed by atoms with van der Waals surface area (Å²) < 4.78 is 0. The van der Waals surface area contributed by atoms with Gasteiger partial charge in [-0.3, -0.25) is 5.41 Å². The normalized spacial score (nSPS) is 10.1. The maximum atomic E-state index is 7.54. The van der Waals surface area contributed by atoms with Gasteiger partial charge in [0.05, 0.1) is 0 Å². The van der Waals surface area contributed by atoms with Gasteiger partial charge in [-0.2, -0.15) is 0 Å². The van der Waals surface area contributed by atoms with Gasteiger partial charge in [-0.05, 0) is 24.0 Å². The van der Waals surface area contributed by atoms with Gasteiger partial charge in [0.1, 0.15) is 5.84 Å².